The maximum absolute atomic E-state index is 11.7. The number of aliphatic imine (C=N–C) groups is 1. The lowest BCUT2D eigenvalue weighted by Crippen LogP contribution is -2.48. The van der Waals surface area contributed by atoms with Crippen LogP contribution in [0.1, 0.15) is 25.3 Å². The van der Waals surface area contributed by atoms with E-state index in [0.29, 0.717) is 32.2 Å². The fourth-order valence-corrected chi connectivity index (χ4v) is 2.68. The Balaban J connectivity index is 0.00000312. The van der Waals surface area contributed by atoms with Crippen molar-refractivity contribution in [3.05, 3.63) is 29.8 Å². The summed E-state index contributed by atoms with van der Waals surface area (Å²) in [5, 5.41) is 3.23. The van der Waals surface area contributed by atoms with Crippen molar-refractivity contribution >= 4 is 36.0 Å². The van der Waals surface area contributed by atoms with Gasteiger partial charge in [-0.05, 0) is 25.8 Å². The van der Waals surface area contributed by atoms with E-state index in [-0.39, 0.29) is 36.1 Å². The van der Waals surface area contributed by atoms with Gasteiger partial charge in [-0.3, -0.25) is 0 Å². The summed E-state index contributed by atoms with van der Waals surface area (Å²) in [6, 6.07) is 7.96. The maximum Gasteiger partial charge on any atom is 0.409 e. The maximum atomic E-state index is 11.7. The van der Waals surface area contributed by atoms with Crippen LogP contribution < -0.4 is 15.8 Å². The molecule has 0 radical (unpaired) electrons. The minimum atomic E-state index is -0.242. The number of amides is 1. The predicted molar refractivity (Wildman–Crippen MR) is 108 cm³/mol. The van der Waals surface area contributed by atoms with Gasteiger partial charge in [0.25, 0.3) is 0 Å². The lowest BCUT2D eigenvalue weighted by Gasteiger charge is -2.31. The van der Waals surface area contributed by atoms with Crippen LogP contribution in [0.3, 0.4) is 0 Å². The second kappa shape index (κ2) is 11.0. The molecule has 1 saturated heterocycles. The minimum Gasteiger partial charge on any atom is -0.496 e. The van der Waals surface area contributed by atoms with Crippen molar-refractivity contribution < 1.29 is 14.3 Å². The van der Waals surface area contributed by atoms with Crippen molar-refractivity contribution in [3.63, 3.8) is 0 Å². The van der Waals surface area contributed by atoms with E-state index in [4.69, 9.17) is 15.2 Å². The first kappa shape index (κ1) is 21.3. The van der Waals surface area contributed by atoms with E-state index in [1.807, 2.05) is 31.2 Å². The van der Waals surface area contributed by atoms with E-state index < -0.39 is 0 Å². The number of benzene rings is 1. The highest BCUT2D eigenvalue weighted by molar-refractivity contribution is 14.0. The highest BCUT2D eigenvalue weighted by atomic mass is 127. The van der Waals surface area contributed by atoms with Gasteiger partial charge >= 0.3 is 6.09 Å². The third kappa shape index (κ3) is 6.60. The first-order chi connectivity index (χ1) is 11.6. The fraction of sp³-hybridized carbons (Fsp3) is 0.529. The Hall–Kier alpha value is -1.71. The summed E-state index contributed by atoms with van der Waals surface area (Å²) in [4.78, 5) is 17.8. The van der Waals surface area contributed by atoms with Crippen molar-refractivity contribution in [3.8, 4) is 5.75 Å². The second-order valence-corrected chi connectivity index (χ2v) is 5.62. The van der Waals surface area contributed by atoms with E-state index in [1.54, 1.807) is 12.0 Å². The number of hydrogen-bond acceptors (Lipinski definition) is 4. The molecule has 1 fully saturated rings. The van der Waals surface area contributed by atoms with Crippen LogP contribution in [-0.2, 0) is 11.3 Å². The molecule has 0 atom stereocenters. The van der Waals surface area contributed by atoms with Gasteiger partial charge in [0, 0.05) is 24.7 Å². The Kier molecular flexibility index (Phi) is 9.40. The Bertz CT molecular complexity index is 575. The number of piperidine rings is 1. The number of ether oxygens (including phenoxy) is 2. The monoisotopic (exact) mass is 462 g/mol. The quantitative estimate of drug-likeness (QED) is 0.399. The van der Waals surface area contributed by atoms with Crippen molar-refractivity contribution in [2.24, 2.45) is 10.7 Å². The average Bonchev–Trinajstić information content (AvgIpc) is 2.61. The molecule has 0 bridgehead atoms. The van der Waals surface area contributed by atoms with Gasteiger partial charge in [0.1, 0.15) is 5.75 Å². The van der Waals surface area contributed by atoms with Gasteiger partial charge < -0.3 is 25.4 Å². The van der Waals surface area contributed by atoms with Crippen molar-refractivity contribution in [1.82, 2.24) is 10.2 Å². The molecule has 0 aliphatic carbocycles. The number of nitrogens with two attached hydrogens (primary N) is 1. The van der Waals surface area contributed by atoms with Gasteiger partial charge in [-0.15, -0.1) is 24.0 Å². The summed E-state index contributed by atoms with van der Waals surface area (Å²) in [6.07, 6.45) is 1.40. The van der Waals surface area contributed by atoms with Crippen molar-refractivity contribution in [2.75, 3.05) is 26.8 Å². The van der Waals surface area contributed by atoms with Crippen molar-refractivity contribution in [1.29, 1.82) is 0 Å². The number of carbonyl (C=O) groups excluding carboxylic acids is 1. The largest absolute Gasteiger partial charge is 0.496 e. The average molecular weight is 462 g/mol. The molecule has 1 aromatic rings. The molecule has 25 heavy (non-hydrogen) atoms. The molecule has 8 heteroatoms. The molecule has 1 aliphatic rings. The SMILES string of the molecule is CCOC(=O)N1CCC(NC(N)=NCc2ccccc2OC)CC1.I. The Morgan fingerprint density at radius 3 is 2.68 bits per heavy atom. The topological polar surface area (TPSA) is 89.2 Å². The molecule has 1 amide bonds. The number of carbonyl (C=O) groups is 1. The smallest absolute Gasteiger partial charge is 0.409 e. The third-order valence-electron chi connectivity index (χ3n) is 3.99. The molecule has 2 rings (SSSR count). The molecular weight excluding hydrogens is 435 g/mol. The molecule has 0 saturated carbocycles. The molecule has 0 spiro atoms. The summed E-state index contributed by atoms with van der Waals surface area (Å²) in [5.41, 5.74) is 6.97. The number of rotatable bonds is 5. The van der Waals surface area contributed by atoms with E-state index in [1.165, 1.54) is 0 Å². The van der Waals surface area contributed by atoms with E-state index in [9.17, 15) is 4.79 Å². The van der Waals surface area contributed by atoms with Gasteiger partial charge in [-0.25, -0.2) is 9.79 Å². The van der Waals surface area contributed by atoms with E-state index >= 15 is 0 Å². The number of guanidine groups is 1. The molecule has 140 valence electrons. The summed E-state index contributed by atoms with van der Waals surface area (Å²) in [6.45, 7) is 4.00. The van der Waals surface area contributed by atoms with Crippen LogP contribution in [0, 0.1) is 0 Å². The highest BCUT2D eigenvalue weighted by Gasteiger charge is 2.23. The standard InChI is InChI=1S/C17H26N4O3.HI/c1-3-24-17(22)21-10-8-14(9-11-21)20-16(18)19-12-13-6-4-5-7-15(13)23-2;/h4-7,14H,3,8-12H2,1-2H3,(H3,18,19,20);1H. The number of nitrogens with zero attached hydrogens (tertiary/aromatic N) is 2. The molecule has 1 heterocycles. The number of hydrogen-bond donors (Lipinski definition) is 2. The second-order valence-electron chi connectivity index (χ2n) is 5.62. The molecule has 7 nitrogen and oxygen atoms in total. The Morgan fingerprint density at radius 1 is 1.36 bits per heavy atom. The number of likely N-dealkylation sites (tertiary alicyclic amines) is 1. The summed E-state index contributed by atoms with van der Waals surface area (Å²) >= 11 is 0. The summed E-state index contributed by atoms with van der Waals surface area (Å²) < 4.78 is 10.3. The zero-order valence-electron chi connectivity index (χ0n) is 14.7. The molecular formula is C17H27IN4O3. The lowest BCUT2D eigenvalue weighted by molar-refractivity contribution is 0.0963. The van der Waals surface area contributed by atoms with Crippen LogP contribution in [0.15, 0.2) is 29.3 Å². The predicted octanol–water partition coefficient (Wildman–Crippen LogP) is 2.34. The Labute approximate surface area is 166 Å². The summed E-state index contributed by atoms with van der Waals surface area (Å²) in [7, 11) is 1.64. The zero-order chi connectivity index (χ0) is 17.4. The van der Waals surface area contributed by atoms with Crippen LogP contribution in [-0.4, -0.2) is 49.8 Å². The fourth-order valence-electron chi connectivity index (χ4n) is 2.68. The number of nitrogens with one attached hydrogen (secondary N) is 1. The van der Waals surface area contributed by atoms with Crippen LogP contribution in [0.25, 0.3) is 0 Å². The van der Waals surface area contributed by atoms with Gasteiger partial charge in [0.2, 0.25) is 0 Å². The zero-order valence-corrected chi connectivity index (χ0v) is 17.1. The van der Waals surface area contributed by atoms with Crippen molar-refractivity contribution in [2.45, 2.75) is 32.4 Å². The third-order valence-corrected chi connectivity index (χ3v) is 3.99. The molecule has 1 aromatic carbocycles. The normalized spacial score (nSPS) is 15.3. The molecule has 0 aromatic heterocycles. The van der Waals surface area contributed by atoms with Crippen LogP contribution in [0.5, 0.6) is 5.75 Å². The lowest BCUT2D eigenvalue weighted by atomic mass is 10.1. The van der Waals surface area contributed by atoms with Crippen LogP contribution in [0.4, 0.5) is 4.79 Å². The molecule has 3 N–H and O–H groups in total. The van der Waals surface area contributed by atoms with Gasteiger partial charge in [0.05, 0.1) is 20.3 Å². The first-order valence-corrected chi connectivity index (χ1v) is 8.24. The molecule has 0 unspecified atom stereocenters. The highest BCUT2D eigenvalue weighted by Crippen LogP contribution is 2.18. The first-order valence-electron chi connectivity index (χ1n) is 8.24. The van der Waals surface area contributed by atoms with E-state index in [0.717, 1.165) is 24.2 Å². The number of halogens is 1. The minimum absolute atomic E-state index is 0. The number of para-hydroxylation sites is 1. The van der Waals surface area contributed by atoms with E-state index in [2.05, 4.69) is 10.3 Å². The summed E-state index contributed by atoms with van der Waals surface area (Å²) in [5.74, 6) is 1.22. The number of methoxy groups -OCH3 is 1. The Morgan fingerprint density at radius 2 is 2.04 bits per heavy atom. The van der Waals surface area contributed by atoms with Crippen LogP contribution in [0.2, 0.25) is 0 Å². The van der Waals surface area contributed by atoms with Gasteiger partial charge in [-0.1, -0.05) is 18.2 Å². The molecule has 1 aliphatic heterocycles. The van der Waals surface area contributed by atoms with Crippen LogP contribution >= 0.6 is 24.0 Å². The van der Waals surface area contributed by atoms with Gasteiger partial charge in [0.15, 0.2) is 5.96 Å². The van der Waals surface area contributed by atoms with Gasteiger partial charge in [-0.2, -0.15) is 0 Å².